The number of hydrogen-bond donors (Lipinski definition) is 2. The van der Waals surface area contributed by atoms with Gasteiger partial charge in [-0.05, 0) is 24.0 Å². The topological polar surface area (TPSA) is 68.0 Å². The maximum absolute atomic E-state index is 11.9. The Morgan fingerprint density at radius 1 is 1.47 bits per heavy atom. The molecule has 0 aliphatic carbocycles. The van der Waals surface area contributed by atoms with Gasteiger partial charge in [-0.1, -0.05) is 20.8 Å². The molecule has 1 amide bonds. The van der Waals surface area contributed by atoms with Crippen LogP contribution in [-0.4, -0.2) is 17.4 Å². The van der Waals surface area contributed by atoms with Crippen molar-refractivity contribution in [3.8, 4) is 0 Å². The SMILES string of the molecule is CC(C)C(C)CNC(=O)c1ccnc(CN)c1. The zero-order chi connectivity index (χ0) is 12.8. The Bertz CT molecular complexity index is 377. The van der Waals surface area contributed by atoms with Gasteiger partial charge in [0, 0.05) is 24.8 Å². The molecule has 0 aliphatic heterocycles. The molecule has 94 valence electrons. The molecular formula is C13H21N3O. The number of nitrogens with two attached hydrogens (primary N) is 1. The lowest BCUT2D eigenvalue weighted by Gasteiger charge is -2.16. The van der Waals surface area contributed by atoms with Crippen LogP contribution in [0.3, 0.4) is 0 Å². The summed E-state index contributed by atoms with van der Waals surface area (Å²) in [6.45, 7) is 7.47. The van der Waals surface area contributed by atoms with Crippen LogP contribution in [0.1, 0.15) is 36.8 Å². The Morgan fingerprint density at radius 2 is 2.18 bits per heavy atom. The minimum atomic E-state index is -0.0606. The lowest BCUT2D eigenvalue weighted by molar-refractivity contribution is 0.0944. The zero-order valence-electron chi connectivity index (χ0n) is 10.7. The van der Waals surface area contributed by atoms with Gasteiger partial charge in [0.25, 0.3) is 5.91 Å². The van der Waals surface area contributed by atoms with E-state index in [1.165, 1.54) is 0 Å². The van der Waals surface area contributed by atoms with E-state index in [0.717, 1.165) is 5.69 Å². The fourth-order valence-electron chi connectivity index (χ4n) is 1.32. The molecule has 1 rings (SSSR count). The molecule has 0 bridgehead atoms. The van der Waals surface area contributed by atoms with Crippen molar-refractivity contribution < 1.29 is 4.79 Å². The Labute approximate surface area is 103 Å². The van der Waals surface area contributed by atoms with Gasteiger partial charge in [0.05, 0.1) is 5.69 Å². The normalized spacial score (nSPS) is 12.5. The minimum absolute atomic E-state index is 0.0606. The summed E-state index contributed by atoms with van der Waals surface area (Å²) in [6, 6.07) is 3.43. The van der Waals surface area contributed by atoms with Gasteiger partial charge >= 0.3 is 0 Å². The minimum Gasteiger partial charge on any atom is -0.352 e. The van der Waals surface area contributed by atoms with Crippen LogP contribution >= 0.6 is 0 Å². The molecule has 1 aromatic rings. The number of rotatable bonds is 5. The molecule has 1 heterocycles. The van der Waals surface area contributed by atoms with E-state index >= 15 is 0 Å². The number of aromatic nitrogens is 1. The molecule has 0 radical (unpaired) electrons. The third-order valence-corrected chi connectivity index (χ3v) is 3.01. The van der Waals surface area contributed by atoms with E-state index in [0.29, 0.717) is 30.5 Å². The summed E-state index contributed by atoms with van der Waals surface area (Å²) in [5.74, 6) is 0.969. The number of hydrogen-bond acceptors (Lipinski definition) is 3. The summed E-state index contributed by atoms with van der Waals surface area (Å²) < 4.78 is 0. The van der Waals surface area contributed by atoms with Crippen molar-refractivity contribution >= 4 is 5.91 Å². The van der Waals surface area contributed by atoms with Crippen LogP contribution in [0.25, 0.3) is 0 Å². The van der Waals surface area contributed by atoms with Gasteiger partial charge in [-0.15, -0.1) is 0 Å². The van der Waals surface area contributed by atoms with E-state index in [1.807, 2.05) is 0 Å². The molecule has 0 saturated carbocycles. The number of nitrogens with one attached hydrogen (secondary N) is 1. The molecule has 0 saturated heterocycles. The zero-order valence-corrected chi connectivity index (χ0v) is 10.7. The fourth-order valence-corrected chi connectivity index (χ4v) is 1.32. The first-order valence-corrected chi connectivity index (χ1v) is 5.97. The Balaban J connectivity index is 2.57. The second kappa shape index (κ2) is 6.35. The molecule has 1 aromatic heterocycles. The molecule has 1 unspecified atom stereocenters. The Morgan fingerprint density at radius 3 is 2.76 bits per heavy atom. The average molecular weight is 235 g/mol. The fraction of sp³-hybridized carbons (Fsp3) is 0.538. The van der Waals surface area contributed by atoms with E-state index in [1.54, 1.807) is 18.3 Å². The van der Waals surface area contributed by atoms with Gasteiger partial charge in [-0.2, -0.15) is 0 Å². The van der Waals surface area contributed by atoms with Crippen molar-refractivity contribution in [2.24, 2.45) is 17.6 Å². The second-order valence-electron chi connectivity index (χ2n) is 4.67. The third-order valence-electron chi connectivity index (χ3n) is 3.01. The number of amides is 1. The summed E-state index contributed by atoms with van der Waals surface area (Å²) in [5, 5.41) is 2.92. The molecule has 17 heavy (non-hydrogen) atoms. The highest BCUT2D eigenvalue weighted by Crippen LogP contribution is 2.08. The van der Waals surface area contributed by atoms with Crippen molar-refractivity contribution in [3.63, 3.8) is 0 Å². The second-order valence-corrected chi connectivity index (χ2v) is 4.67. The van der Waals surface area contributed by atoms with Crippen molar-refractivity contribution in [2.75, 3.05) is 6.54 Å². The summed E-state index contributed by atoms with van der Waals surface area (Å²) in [4.78, 5) is 15.9. The summed E-state index contributed by atoms with van der Waals surface area (Å²) >= 11 is 0. The summed E-state index contributed by atoms with van der Waals surface area (Å²) in [5.41, 5.74) is 6.84. The van der Waals surface area contributed by atoms with Gasteiger partial charge in [0.2, 0.25) is 0 Å². The summed E-state index contributed by atoms with van der Waals surface area (Å²) in [6.07, 6.45) is 1.61. The molecule has 3 N–H and O–H groups in total. The van der Waals surface area contributed by atoms with Crippen LogP contribution in [-0.2, 0) is 6.54 Å². The molecular weight excluding hydrogens is 214 g/mol. The Hall–Kier alpha value is -1.42. The van der Waals surface area contributed by atoms with Gasteiger partial charge in [0.1, 0.15) is 0 Å². The summed E-state index contributed by atoms with van der Waals surface area (Å²) in [7, 11) is 0. The van der Waals surface area contributed by atoms with Crippen molar-refractivity contribution in [1.29, 1.82) is 0 Å². The molecule has 4 nitrogen and oxygen atoms in total. The van der Waals surface area contributed by atoms with Crippen LogP contribution in [0.4, 0.5) is 0 Å². The molecule has 0 fully saturated rings. The van der Waals surface area contributed by atoms with E-state index in [9.17, 15) is 4.79 Å². The first-order chi connectivity index (χ1) is 8.04. The highest BCUT2D eigenvalue weighted by atomic mass is 16.1. The van der Waals surface area contributed by atoms with E-state index in [2.05, 4.69) is 31.1 Å². The average Bonchev–Trinajstić information content (AvgIpc) is 2.35. The number of nitrogens with zero attached hydrogens (tertiary/aromatic N) is 1. The van der Waals surface area contributed by atoms with Gasteiger partial charge in [-0.25, -0.2) is 0 Å². The maximum Gasteiger partial charge on any atom is 0.251 e. The van der Waals surface area contributed by atoms with E-state index in [-0.39, 0.29) is 5.91 Å². The number of carbonyl (C=O) groups is 1. The lowest BCUT2D eigenvalue weighted by Crippen LogP contribution is -2.30. The van der Waals surface area contributed by atoms with Crippen LogP contribution in [0.5, 0.6) is 0 Å². The predicted molar refractivity (Wildman–Crippen MR) is 68.5 cm³/mol. The van der Waals surface area contributed by atoms with Crippen molar-refractivity contribution in [1.82, 2.24) is 10.3 Å². The predicted octanol–water partition coefficient (Wildman–Crippen LogP) is 1.56. The standard InChI is InChI=1S/C13H21N3O/c1-9(2)10(3)8-16-13(17)11-4-5-15-12(6-11)7-14/h4-6,9-10H,7-8,14H2,1-3H3,(H,16,17). The highest BCUT2D eigenvalue weighted by Gasteiger charge is 2.10. The molecule has 0 spiro atoms. The monoisotopic (exact) mass is 235 g/mol. The largest absolute Gasteiger partial charge is 0.352 e. The Kier molecular flexibility index (Phi) is 5.10. The van der Waals surface area contributed by atoms with Gasteiger partial charge < -0.3 is 11.1 Å². The third kappa shape index (κ3) is 4.15. The first kappa shape index (κ1) is 13.6. The molecule has 0 aromatic carbocycles. The van der Waals surface area contributed by atoms with Gasteiger partial charge in [-0.3, -0.25) is 9.78 Å². The van der Waals surface area contributed by atoms with Crippen molar-refractivity contribution in [3.05, 3.63) is 29.6 Å². The van der Waals surface area contributed by atoms with Crippen LogP contribution in [0.2, 0.25) is 0 Å². The van der Waals surface area contributed by atoms with Crippen molar-refractivity contribution in [2.45, 2.75) is 27.3 Å². The lowest BCUT2D eigenvalue weighted by atomic mass is 9.98. The molecule has 1 atom stereocenters. The van der Waals surface area contributed by atoms with Gasteiger partial charge in [0.15, 0.2) is 0 Å². The molecule has 0 aliphatic rings. The number of carbonyl (C=O) groups excluding carboxylic acids is 1. The van der Waals surface area contributed by atoms with E-state index < -0.39 is 0 Å². The van der Waals surface area contributed by atoms with Crippen LogP contribution in [0.15, 0.2) is 18.3 Å². The quantitative estimate of drug-likeness (QED) is 0.814. The van der Waals surface area contributed by atoms with Crippen LogP contribution < -0.4 is 11.1 Å². The van der Waals surface area contributed by atoms with Crippen LogP contribution in [0, 0.1) is 11.8 Å². The van der Waals surface area contributed by atoms with E-state index in [4.69, 9.17) is 5.73 Å². The smallest absolute Gasteiger partial charge is 0.251 e. The maximum atomic E-state index is 11.9. The first-order valence-electron chi connectivity index (χ1n) is 5.97. The molecule has 4 heteroatoms. The highest BCUT2D eigenvalue weighted by molar-refractivity contribution is 5.94. The number of pyridine rings is 1.